The topological polar surface area (TPSA) is 69.4 Å². The number of ketones is 1. The summed E-state index contributed by atoms with van der Waals surface area (Å²) in [5.41, 5.74) is 9.44. The van der Waals surface area contributed by atoms with Gasteiger partial charge in [0.25, 0.3) is 0 Å². The summed E-state index contributed by atoms with van der Waals surface area (Å²) in [5.74, 6) is 0.0358. The molecule has 26 heavy (non-hydrogen) atoms. The van der Waals surface area contributed by atoms with Gasteiger partial charge in [-0.05, 0) is 53.9 Å². The Kier molecular flexibility index (Phi) is 5.25. The number of para-hydroxylation sites is 1. The van der Waals surface area contributed by atoms with Gasteiger partial charge in [-0.1, -0.05) is 42.5 Å². The molecule has 0 heterocycles. The monoisotopic (exact) mass is 345 g/mol. The highest BCUT2D eigenvalue weighted by Crippen LogP contribution is 2.26. The Bertz CT molecular complexity index is 949. The average Bonchev–Trinajstić information content (AvgIpc) is 2.68. The van der Waals surface area contributed by atoms with Crippen molar-refractivity contribution in [3.05, 3.63) is 89.5 Å². The number of carbonyl (C=O) groups is 2. The SMILES string of the molecule is CC(=O)c1ccc(CN)c(-c2cccc(C(=O)Oc3ccccc3)c2)c1. The van der Waals surface area contributed by atoms with Crippen molar-refractivity contribution in [2.45, 2.75) is 13.5 Å². The molecule has 0 aliphatic rings. The molecule has 0 saturated carbocycles. The van der Waals surface area contributed by atoms with E-state index in [0.29, 0.717) is 23.4 Å². The van der Waals surface area contributed by atoms with E-state index in [9.17, 15) is 9.59 Å². The number of ether oxygens (including phenoxy) is 1. The number of benzene rings is 3. The summed E-state index contributed by atoms with van der Waals surface area (Å²) in [6, 6.07) is 21.5. The van der Waals surface area contributed by atoms with Crippen molar-refractivity contribution >= 4 is 11.8 Å². The molecule has 0 bridgehead atoms. The minimum Gasteiger partial charge on any atom is -0.423 e. The molecule has 0 atom stereocenters. The standard InChI is InChI=1S/C22H19NO3/c1-15(24)16-10-11-19(14-23)21(13-16)17-6-5-7-18(12-17)22(25)26-20-8-3-2-4-9-20/h2-13H,14,23H2,1H3. The van der Waals surface area contributed by atoms with E-state index in [-0.39, 0.29) is 5.78 Å². The summed E-state index contributed by atoms with van der Waals surface area (Å²) in [4.78, 5) is 24.1. The molecule has 0 saturated heterocycles. The van der Waals surface area contributed by atoms with Gasteiger partial charge in [-0.2, -0.15) is 0 Å². The van der Waals surface area contributed by atoms with Crippen molar-refractivity contribution in [3.63, 3.8) is 0 Å². The Balaban J connectivity index is 1.96. The fourth-order valence-corrected chi connectivity index (χ4v) is 2.71. The average molecular weight is 345 g/mol. The molecule has 0 aliphatic heterocycles. The van der Waals surface area contributed by atoms with Gasteiger partial charge in [0.2, 0.25) is 0 Å². The van der Waals surface area contributed by atoms with E-state index in [4.69, 9.17) is 10.5 Å². The van der Waals surface area contributed by atoms with E-state index < -0.39 is 5.97 Å². The van der Waals surface area contributed by atoms with Gasteiger partial charge < -0.3 is 10.5 Å². The van der Waals surface area contributed by atoms with Gasteiger partial charge in [-0.15, -0.1) is 0 Å². The molecule has 0 fully saturated rings. The Morgan fingerprint density at radius 3 is 2.35 bits per heavy atom. The van der Waals surface area contributed by atoms with Crippen molar-refractivity contribution in [1.29, 1.82) is 0 Å². The summed E-state index contributed by atoms with van der Waals surface area (Å²) in [6.07, 6.45) is 0. The summed E-state index contributed by atoms with van der Waals surface area (Å²) >= 11 is 0. The Morgan fingerprint density at radius 2 is 1.65 bits per heavy atom. The molecule has 4 heteroatoms. The molecule has 0 aliphatic carbocycles. The lowest BCUT2D eigenvalue weighted by Gasteiger charge is -2.11. The second-order valence-corrected chi connectivity index (χ2v) is 5.92. The molecule has 4 nitrogen and oxygen atoms in total. The van der Waals surface area contributed by atoms with Gasteiger partial charge in [-0.3, -0.25) is 4.79 Å². The molecule has 0 spiro atoms. The normalized spacial score (nSPS) is 10.4. The van der Waals surface area contributed by atoms with Crippen LogP contribution in [0.2, 0.25) is 0 Å². The minimum atomic E-state index is -0.435. The highest BCUT2D eigenvalue weighted by Gasteiger charge is 2.12. The highest BCUT2D eigenvalue weighted by molar-refractivity contribution is 5.96. The first-order chi connectivity index (χ1) is 12.6. The second-order valence-electron chi connectivity index (χ2n) is 5.92. The van der Waals surface area contributed by atoms with Crippen LogP contribution in [0.5, 0.6) is 5.75 Å². The summed E-state index contributed by atoms with van der Waals surface area (Å²) in [5, 5.41) is 0. The third kappa shape index (κ3) is 3.87. The Morgan fingerprint density at radius 1 is 0.885 bits per heavy atom. The number of hydrogen-bond donors (Lipinski definition) is 1. The van der Waals surface area contributed by atoms with Crippen LogP contribution in [0, 0.1) is 0 Å². The third-order valence-corrected chi connectivity index (χ3v) is 4.10. The van der Waals surface area contributed by atoms with Gasteiger partial charge in [0.1, 0.15) is 5.75 Å². The lowest BCUT2D eigenvalue weighted by molar-refractivity contribution is 0.0734. The zero-order chi connectivity index (χ0) is 18.5. The Hall–Kier alpha value is -3.24. The molecule has 3 aromatic rings. The van der Waals surface area contributed by atoms with Crippen LogP contribution < -0.4 is 10.5 Å². The second kappa shape index (κ2) is 7.76. The van der Waals surface area contributed by atoms with Gasteiger partial charge >= 0.3 is 5.97 Å². The first-order valence-electron chi connectivity index (χ1n) is 8.30. The van der Waals surface area contributed by atoms with Gasteiger partial charge in [0.15, 0.2) is 5.78 Å². The van der Waals surface area contributed by atoms with E-state index >= 15 is 0 Å². The van der Waals surface area contributed by atoms with Crippen molar-refractivity contribution in [2.24, 2.45) is 5.73 Å². The number of nitrogens with two attached hydrogens (primary N) is 1. The molecule has 130 valence electrons. The van der Waals surface area contributed by atoms with E-state index in [0.717, 1.165) is 16.7 Å². The molecule has 0 aromatic heterocycles. The molecule has 0 unspecified atom stereocenters. The van der Waals surface area contributed by atoms with Crippen LogP contribution in [0.25, 0.3) is 11.1 Å². The molecule has 0 amide bonds. The fraction of sp³-hybridized carbons (Fsp3) is 0.0909. The zero-order valence-corrected chi connectivity index (χ0v) is 14.4. The predicted molar refractivity (Wildman–Crippen MR) is 101 cm³/mol. The Labute approximate surface area is 152 Å². The maximum absolute atomic E-state index is 12.4. The predicted octanol–water partition coefficient (Wildman–Crippen LogP) is 4.23. The zero-order valence-electron chi connectivity index (χ0n) is 14.4. The molecule has 3 aromatic carbocycles. The van der Waals surface area contributed by atoms with Crippen molar-refractivity contribution in [1.82, 2.24) is 0 Å². The van der Waals surface area contributed by atoms with Crippen LogP contribution in [0.3, 0.4) is 0 Å². The van der Waals surface area contributed by atoms with E-state index in [1.165, 1.54) is 6.92 Å². The first kappa shape index (κ1) is 17.6. The van der Waals surface area contributed by atoms with Gasteiger partial charge in [0.05, 0.1) is 5.56 Å². The number of hydrogen-bond acceptors (Lipinski definition) is 4. The summed E-state index contributed by atoms with van der Waals surface area (Å²) < 4.78 is 5.39. The van der Waals surface area contributed by atoms with Gasteiger partial charge in [-0.25, -0.2) is 4.79 Å². The van der Waals surface area contributed by atoms with Crippen molar-refractivity contribution in [2.75, 3.05) is 0 Å². The number of Topliss-reactive ketones (excluding diaryl/α,β-unsaturated/α-hetero) is 1. The first-order valence-corrected chi connectivity index (χ1v) is 8.30. The highest BCUT2D eigenvalue weighted by atomic mass is 16.5. The smallest absolute Gasteiger partial charge is 0.343 e. The summed E-state index contributed by atoms with van der Waals surface area (Å²) in [6.45, 7) is 1.86. The van der Waals surface area contributed by atoms with Gasteiger partial charge in [0, 0.05) is 12.1 Å². The van der Waals surface area contributed by atoms with Crippen molar-refractivity contribution < 1.29 is 14.3 Å². The molecule has 3 rings (SSSR count). The third-order valence-electron chi connectivity index (χ3n) is 4.10. The minimum absolute atomic E-state index is 0.0190. The number of rotatable bonds is 5. The van der Waals surface area contributed by atoms with Crippen molar-refractivity contribution in [3.8, 4) is 16.9 Å². The van der Waals surface area contributed by atoms with E-state index in [1.807, 2.05) is 24.3 Å². The van der Waals surface area contributed by atoms with E-state index in [2.05, 4.69) is 0 Å². The molecule has 2 N–H and O–H groups in total. The largest absolute Gasteiger partial charge is 0.423 e. The maximum atomic E-state index is 12.4. The van der Waals surface area contributed by atoms with Crippen LogP contribution in [-0.2, 0) is 6.54 Å². The van der Waals surface area contributed by atoms with E-state index in [1.54, 1.807) is 48.5 Å². The number of carbonyl (C=O) groups excluding carboxylic acids is 2. The lowest BCUT2D eigenvalue weighted by Crippen LogP contribution is -2.08. The molecular weight excluding hydrogens is 326 g/mol. The maximum Gasteiger partial charge on any atom is 0.343 e. The van der Waals surface area contributed by atoms with Crippen LogP contribution in [0.1, 0.15) is 33.2 Å². The molecular formula is C22H19NO3. The quantitative estimate of drug-likeness (QED) is 0.427. The van der Waals surface area contributed by atoms with Crippen LogP contribution in [-0.4, -0.2) is 11.8 Å². The molecule has 0 radical (unpaired) electrons. The van der Waals surface area contributed by atoms with Crippen LogP contribution in [0.15, 0.2) is 72.8 Å². The lowest BCUT2D eigenvalue weighted by atomic mass is 9.95. The fourth-order valence-electron chi connectivity index (χ4n) is 2.71. The van der Waals surface area contributed by atoms with Crippen LogP contribution >= 0.6 is 0 Å². The number of esters is 1. The van der Waals surface area contributed by atoms with Crippen LogP contribution in [0.4, 0.5) is 0 Å². The summed E-state index contributed by atoms with van der Waals surface area (Å²) in [7, 11) is 0.